The number of aromatic nitrogens is 1. The molecular weight excluding hydrogens is 330 g/mol. The molecule has 0 saturated carbocycles. The number of halogens is 1. The zero-order valence-corrected chi connectivity index (χ0v) is 13.5. The normalized spacial score (nSPS) is 18.7. The van der Waals surface area contributed by atoms with E-state index in [0.717, 1.165) is 47.0 Å². The summed E-state index contributed by atoms with van der Waals surface area (Å²) in [7, 11) is 0. The van der Waals surface area contributed by atoms with Gasteiger partial charge in [-0.15, -0.1) is 0 Å². The van der Waals surface area contributed by atoms with Gasteiger partial charge >= 0.3 is 0 Å². The fourth-order valence-electron chi connectivity index (χ4n) is 2.76. The lowest BCUT2D eigenvalue weighted by molar-refractivity contribution is 0.0932. The van der Waals surface area contributed by atoms with Crippen molar-refractivity contribution in [3.63, 3.8) is 0 Å². The zero-order chi connectivity index (χ0) is 14.8. The van der Waals surface area contributed by atoms with E-state index >= 15 is 0 Å². The van der Waals surface area contributed by atoms with Gasteiger partial charge in [-0.1, -0.05) is 22.0 Å². The summed E-state index contributed by atoms with van der Waals surface area (Å²) >= 11 is 3.45. The highest BCUT2D eigenvalue weighted by Crippen LogP contribution is 2.22. The van der Waals surface area contributed by atoms with Crippen molar-refractivity contribution in [2.45, 2.75) is 25.8 Å². The van der Waals surface area contributed by atoms with E-state index in [-0.39, 0.29) is 11.9 Å². The number of carbonyl (C=O) groups excluding carboxylic acids is 1. The lowest BCUT2D eigenvalue weighted by atomic mass is 10.0. The minimum absolute atomic E-state index is 0.0125. The first-order valence-corrected chi connectivity index (χ1v) is 8.01. The molecule has 4 nitrogen and oxygen atoms in total. The van der Waals surface area contributed by atoms with E-state index in [0.29, 0.717) is 5.56 Å². The molecular formula is C16H18BrN3O. The second kappa shape index (κ2) is 6.12. The quantitative estimate of drug-likeness (QED) is 0.878. The van der Waals surface area contributed by atoms with Crippen LogP contribution in [0.5, 0.6) is 0 Å². The Morgan fingerprint density at radius 3 is 3.05 bits per heavy atom. The second-order valence-electron chi connectivity index (χ2n) is 5.49. The second-order valence-corrected chi connectivity index (χ2v) is 6.41. The highest BCUT2D eigenvalue weighted by Gasteiger charge is 2.18. The molecule has 2 aromatic rings. The third kappa shape index (κ3) is 3.24. The number of benzene rings is 1. The van der Waals surface area contributed by atoms with Gasteiger partial charge in [0.05, 0.1) is 11.1 Å². The summed E-state index contributed by atoms with van der Waals surface area (Å²) in [5.41, 5.74) is 2.40. The summed E-state index contributed by atoms with van der Waals surface area (Å²) in [5.74, 6) is -0.0125. The van der Waals surface area contributed by atoms with Crippen LogP contribution >= 0.6 is 15.9 Å². The average molecular weight is 348 g/mol. The van der Waals surface area contributed by atoms with Crippen molar-refractivity contribution >= 4 is 32.7 Å². The average Bonchev–Trinajstić information content (AvgIpc) is 2.47. The molecule has 1 atom stereocenters. The number of aryl methyl sites for hydroxylation is 1. The molecule has 1 fully saturated rings. The summed E-state index contributed by atoms with van der Waals surface area (Å²) < 4.78 is 0.968. The fourth-order valence-corrected chi connectivity index (χ4v) is 3.11. The predicted molar refractivity (Wildman–Crippen MR) is 87.5 cm³/mol. The maximum atomic E-state index is 12.6. The van der Waals surface area contributed by atoms with E-state index in [1.807, 2.05) is 31.2 Å². The molecule has 0 aliphatic carbocycles. The van der Waals surface area contributed by atoms with Gasteiger partial charge in [0.25, 0.3) is 5.91 Å². The number of carbonyl (C=O) groups is 1. The van der Waals surface area contributed by atoms with Crippen LogP contribution in [-0.2, 0) is 0 Å². The topological polar surface area (TPSA) is 54.0 Å². The number of amides is 1. The van der Waals surface area contributed by atoms with Crippen molar-refractivity contribution in [1.82, 2.24) is 15.6 Å². The molecule has 2 N–H and O–H groups in total. The summed E-state index contributed by atoms with van der Waals surface area (Å²) in [6.07, 6.45) is 2.14. The minimum Gasteiger partial charge on any atom is -0.348 e. The molecule has 1 aliphatic heterocycles. The third-order valence-electron chi connectivity index (χ3n) is 3.78. The maximum absolute atomic E-state index is 12.6. The fraction of sp³-hybridized carbons (Fsp3) is 0.375. The van der Waals surface area contributed by atoms with Gasteiger partial charge in [-0.3, -0.25) is 9.78 Å². The molecule has 1 aromatic heterocycles. The Morgan fingerprint density at radius 2 is 2.29 bits per heavy atom. The van der Waals surface area contributed by atoms with Gasteiger partial charge in [-0.25, -0.2) is 0 Å². The molecule has 1 aliphatic rings. The van der Waals surface area contributed by atoms with Gasteiger partial charge in [-0.2, -0.15) is 0 Å². The van der Waals surface area contributed by atoms with E-state index in [1.165, 1.54) is 0 Å². The van der Waals surface area contributed by atoms with Crippen LogP contribution in [0.3, 0.4) is 0 Å². The molecule has 0 spiro atoms. The van der Waals surface area contributed by atoms with Gasteiger partial charge in [0, 0.05) is 28.1 Å². The Morgan fingerprint density at radius 1 is 1.43 bits per heavy atom. The molecule has 21 heavy (non-hydrogen) atoms. The number of pyridine rings is 1. The van der Waals surface area contributed by atoms with Crippen LogP contribution in [0.4, 0.5) is 0 Å². The molecule has 2 heterocycles. The number of hydrogen-bond donors (Lipinski definition) is 2. The van der Waals surface area contributed by atoms with Gasteiger partial charge < -0.3 is 10.6 Å². The van der Waals surface area contributed by atoms with Gasteiger partial charge in [0.1, 0.15) is 0 Å². The lowest BCUT2D eigenvalue weighted by Gasteiger charge is -2.24. The van der Waals surface area contributed by atoms with Crippen LogP contribution in [0.25, 0.3) is 10.9 Å². The van der Waals surface area contributed by atoms with Crippen molar-refractivity contribution < 1.29 is 4.79 Å². The van der Waals surface area contributed by atoms with E-state index in [2.05, 4.69) is 31.5 Å². The van der Waals surface area contributed by atoms with Crippen LogP contribution in [0.1, 0.15) is 28.9 Å². The van der Waals surface area contributed by atoms with Crippen LogP contribution in [0.15, 0.2) is 28.7 Å². The van der Waals surface area contributed by atoms with Gasteiger partial charge in [0.2, 0.25) is 0 Å². The molecule has 0 bridgehead atoms. The van der Waals surface area contributed by atoms with Crippen LogP contribution in [-0.4, -0.2) is 30.0 Å². The molecule has 0 unspecified atom stereocenters. The molecule has 0 radical (unpaired) electrons. The number of nitrogens with zero attached hydrogens (tertiary/aromatic N) is 1. The minimum atomic E-state index is -0.0125. The number of piperidine rings is 1. The highest BCUT2D eigenvalue weighted by molar-refractivity contribution is 9.10. The predicted octanol–water partition coefficient (Wildman–Crippen LogP) is 2.79. The van der Waals surface area contributed by atoms with Crippen molar-refractivity contribution in [2.24, 2.45) is 0 Å². The molecule has 1 aromatic carbocycles. The number of nitrogens with one attached hydrogen (secondary N) is 2. The first-order chi connectivity index (χ1) is 10.1. The number of rotatable bonds is 2. The first kappa shape index (κ1) is 14.5. The third-order valence-corrected chi connectivity index (χ3v) is 4.27. The first-order valence-electron chi connectivity index (χ1n) is 7.22. The Bertz CT molecular complexity index is 675. The molecule has 1 amide bonds. The summed E-state index contributed by atoms with van der Waals surface area (Å²) in [6, 6.07) is 7.91. The standard InChI is InChI=1S/C16H18BrN3O/c1-10-7-14(13-5-4-11(17)8-15(13)19-10)16(21)20-12-3-2-6-18-9-12/h4-5,7-8,12,18H,2-3,6,9H2,1H3,(H,20,21)/t12-/m0/s1. The Kier molecular flexibility index (Phi) is 4.22. The number of fused-ring (bicyclic) bond motifs is 1. The Hall–Kier alpha value is -1.46. The SMILES string of the molecule is Cc1cc(C(=O)N[C@H]2CCCNC2)c2ccc(Br)cc2n1. The van der Waals surface area contributed by atoms with E-state index in [4.69, 9.17) is 0 Å². The van der Waals surface area contributed by atoms with E-state index in [1.54, 1.807) is 0 Å². The highest BCUT2D eigenvalue weighted by atomic mass is 79.9. The number of hydrogen-bond acceptors (Lipinski definition) is 3. The summed E-state index contributed by atoms with van der Waals surface area (Å²) in [5, 5.41) is 7.34. The monoisotopic (exact) mass is 347 g/mol. The van der Waals surface area contributed by atoms with Gasteiger partial charge in [-0.05, 0) is 44.5 Å². The molecule has 5 heteroatoms. The van der Waals surface area contributed by atoms with Crippen LogP contribution in [0, 0.1) is 6.92 Å². The smallest absolute Gasteiger partial charge is 0.252 e. The van der Waals surface area contributed by atoms with Crippen molar-refractivity contribution in [2.75, 3.05) is 13.1 Å². The summed E-state index contributed by atoms with van der Waals surface area (Å²) in [4.78, 5) is 17.1. The zero-order valence-electron chi connectivity index (χ0n) is 11.9. The lowest BCUT2D eigenvalue weighted by Crippen LogP contribution is -2.45. The maximum Gasteiger partial charge on any atom is 0.252 e. The molecule has 110 valence electrons. The van der Waals surface area contributed by atoms with E-state index < -0.39 is 0 Å². The van der Waals surface area contributed by atoms with Crippen LogP contribution < -0.4 is 10.6 Å². The largest absolute Gasteiger partial charge is 0.348 e. The van der Waals surface area contributed by atoms with Crippen LogP contribution in [0.2, 0.25) is 0 Å². The van der Waals surface area contributed by atoms with E-state index in [9.17, 15) is 4.79 Å². The Labute approximate surface area is 132 Å². The van der Waals surface area contributed by atoms with Crippen molar-refractivity contribution in [3.8, 4) is 0 Å². The Balaban J connectivity index is 1.93. The molecule has 3 rings (SSSR count). The molecule has 1 saturated heterocycles. The van der Waals surface area contributed by atoms with Crippen molar-refractivity contribution in [3.05, 3.63) is 40.0 Å². The van der Waals surface area contributed by atoms with Crippen molar-refractivity contribution in [1.29, 1.82) is 0 Å². The summed E-state index contributed by atoms with van der Waals surface area (Å²) in [6.45, 7) is 3.80. The van der Waals surface area contributed by atoms with Gasteiger partial charge in [0.15, 0.2) is 0 Å².